The number of aromatic nitrogens is 1. The van der Waals surface area contributed by atoms with E-state index in [4.69, 9.17) is 9.47 Å². The van der Waals surface area contributed by atoms with E-state index < -0.39 is 5.60 Å². The van der Waals surface area contributed by atoms with Gasteiger partial charge in [0, 0.05) is 18.0 Å². The van der Waals surface area contributed by atoms with Crippen molar-refractivity contribution in [1.29, 1.82) is 0 Å². The summed E-state index contributed by atoms with van der Waals surface area (Å²) in [6, 6.07) is 3.25. The highest BCUT2D eigenvalue weighted by molar-refractivity contribution is 5.96. The number of likely N-dealkylation sites (tertiary alicyclic amines) is 1. The Bertz CT molecular complexity index is 539. The predicted molar refractivity (Wildman–Crippen MR) is 77.6 cm³/mol. The minimum atomic E-state index is -0.921. The van der Waals surface area contributed by atoms with Crippen LogP contribution in [0.1, 0.15) is 31.1 Å². The van der Waals surface area contributed by atoms with Gasteiger partial charge in [-0.3, -0.25) is 4.79 Å². The molecule has 6 heteroatoms. The van der Waals surface area contributed by atoms with Crippen LogP contribution in [-0.4, -0.2) is 53.8 Å². The van der Waals surface area contributed by atoms with Crippen molar-refractivity contribution in [2.75, 3.05) is 27.3 Å². The molecule has 0 spiro atoms. The van der Waals surface area contributed by atoms with Crippen LogP contribution >= 0.6 is 0 Å². The number of nitrogens with zero attached hydrogens (tertiary/aromatic N) is 2. The SMILES string of the molecule is COc1ccc(C(=O)N2CC(C)(C)[C@](C)(O)C2)c(OC)n1. The molecular weight excluding hydrogens is 272 g/mol. The highest BCUT2D eigenvalue weighted by Crippen LogP contribution is 2.39. The summed E-state index contributed by atoms with van der Waals surface area (Å²) in [5.41, 5.74) is -0.919. The summed E-state index contributed by atoms with van der Waals surface area (Å²) >= 11 is 0. The second-order valence-corrected chi connectivity index (χ2v) is 6.23. The van der Waals surface area contributed by atoms with Crippen molar-refractivity contribution in [1.82, 2.24) is 9.88 Å². The van der Waals surface area contributed by atoms with Gasteiger partial charge >= 0.3 is 0 Å². The zero-order chi connectivity index (χ0) is 15.8. The van der Waals surface area contributed by atoms with E-state index in [0.717, 1.165) is 0 Å². The topological polar surface area (TPSA) is 71.9 Å². The maximum atomic E-state index is 12.7. The molecule has 1 fully saturated rings. The average Bonchev–Trinajstić information content (AvgIpc) is 2.66. The van der Waals surface area contributed by atoms with E-state index in [1.807, 2.05) is 13.8 Å². The van der Waals surface area contributed by atoms with Gasteiger partial charge in [0.05, 0.1) is 26.4 Å². The van der Waals surface area contributed by atoms with Gasteiger partial charge in [0.15, 0.2) is 0 Å². The number of carbonyl (C=O) groups excluding carboxylic acids is 1. The van der Waals surface area contributed by atoms with Crippen LogP contribution in [0.5, 0.6) is 11.8 Å². The molecule has 1 aromatic rings. The highest BCUT2D eigenvalue weighted by atomic mass is 16.5. The maximum absolute atomic E-state index is 12.7. The number of aliphatic hydroxyl groups is 1. The number of methoxy groups -OCH3 is 2. The lowest BCUT2D eigenvalue weighted by Crippen LogP contribution is -2.40. The molecule has 21 heavy (non-hydrogen) atoms. The highest BCUT2D eigenvalue weighted by Gasteiger charge is 2.49. The first-order chi connectivity index (χ1) is 9.71. The van der Waals surface area contributed by atoms with Crippen LogP contribution in [0.4, 0.5) is 0 Å². The number of rotatable bonds is 3. The number of carbonyl (C=O) groups is 1. The fourth-order valence-electron chi connectivity index (χ4n) is 2.46. The molecule has 116 valence electrons. The second-order valence-electron chi connectivity index (χ2n) is 6.23. The summed E-state index contributed by atoms with van der Waals surface area (Å²) in [6.45, 7) is 6.42. The van der Waals surface area contributed by atoms with Crippen molar-refractivity contribution >= 4 is 5.91 Å². The molecule has 1 aromatic heterocycles. The van der Waals surface area contributed by atoms with Crippen molar-refractivity contribution in [2.24, 2.45) is 5.41 Å². The van der Waals surface area contributed by atoms with Crippen molar-refractivity contribution < 1.29 is 19.4 Å². The fourth-order valence-corrected chi connectivity index (χ4v) is 2.46. The molecule has 2 heterocycles. The third-order valence-electron chi connectivity index (χ3n) is 4.30. The molecule has 0 unspecified atom stereocenters. The summed E-state index contributed by atoms with van der Waals surface area (Å²) < 4.78 is 10.2. The van der Waals surface area contributed by atoms with E-state index in [0.29, 0.717) is 18.0 Å². The minimum absolute atomic E-state index is 0.201. The van der Waals surface area contributed by atoms with Crippen LogP contribution in [-0.2, 0) is 0 Å². The summed E-state index contributed by atoms with van der Waals surface area (Å²) in [6.07, 6.45) is 0. The molecule has 0 bridgehead atoms. The molecule has 1 amide bonds. The van der Waals surface area contributed by atoms with Crippen LogP contribution in [0.15, 0.2) is 12.1 Å². The number of hydrogen-bond donors (Lipinski definition) is 1. The molecular formula is C15H22N2O4. The number of hydrogen-bond acceptors (Lipinski definition) is 5. The third kappa shape index (κ3) is 2.68. The predicted octanol–water partition coefficient (Wildman–Crippen LogP) is 1.33. The fraction of sp³-hybridized carbons (Fsp3) is 0.600. The van der Waals surface area contributed by atoms with Crippen LogP contribution in [0.25, 0.3) is 0 Å². The van der Waals surface area contributed by atoms with E-state index in [1.54, 1.807) is 24.0 Å². The van der Waals surface area contributed by atoms with Crippen molar-refractivity contribution in [3.8, 4) is 11.8 Å². The summed E-state index contributed by atoms with van der Waals surface area (Å²) in [7, 11) is 2.96. The molecule has 1 atom stereocenters. The summed E-state index contributed by atoms with van der Waals surface area (Å²) in [5.74, 6) is 0.411. The molecule has 0 aliphatic carbocycles. The molecule has 0 aromatic carbocycles. The Morgan fingerprint density at radius 1 is 1.24 bits per heavy atom. The van der Waals surface area contributed by atoms with Crippen LogP contribution < -0.4 is 9.47 Å². The molecule has 1 N–H and O–H groups in total. The second kappa shape index (κ2) is 5.18. The Hall–Kier alpha value is -1.82. The smallest absolute Gasteiger partial charge is 0.259 e. The van der Waals surface area contributed by atoms with Crippen molar-refractivity contribution in [3.05, 3.63) is 17.7 Å². The van der Waals surface area contributed by atoms with Gasteiger partial charge in [-0.25, -0.2) is 0 Å². The van der Waals surface area contributed by atoms with Gasteiger partial charge in [0.25, 0.3) is 5.91 Å². The van der Waals surface area contributed by atoms with E-state index in [1.165, 1.54) is 14.2 Å². The van der Waals surface area contributed by atoms with Gasteiger partial charge in [-0.15, -0.1) is 0 Å². The third-order valence-corrected chi connectivity index (χ3v) is 4.30. The molecule has 6 nitrogen and oxygen atoms in total. The monoisotopic (exact) mass is 294 g/mol. The van der Waals surface area contributed by atoms with E-state index in [2.05, 4.69) is 4.98 Å². The minimum Gasteiger partial charge on any atom is -0.481 e. The summed E-state index contributed by atoms with van der Waals surface area (Å²) in [5, 5.41) is 10.4. The zero-order valence-corrected chi connectivity index (χ0v) is 13.1. The Kier molecular flexibility index (Phi) is 3.84. The van der Waals surface area contributed by atoms with Gasteiger partial charge in [-0.2, -0.15) is 4.98 Å². The van der Waals surface area contributed by atoms with Gasteiger partial charge in [-0.05, 0) is 13.0 Å². The normalized spacial score (nSPS) is 24.0. The maximum Gasteiger partial charge on any atom is 0.259 e. The van der Waals surface area contributed by atoms with E-state index in [9.17, 15) is 9.90 Å². The van der Waals surface area contributed by atoms with Gasteiger partial charge in [0.1, 0.15) is 5.56 Å². The standard InChI is InChI=1S/C15H22N2O4/c1-14(2)8-17(9-15(14,3)19)13(18)10-6-7-11(20-4)16-12(10)21-5/h6-7,19H,8-9H2,1-5H3/t15-/m1/s1. The average molecular weight is 294 g/mol. The van der Waals surface area contributed by atoms with Gasteiger partial charge in [0.2, 0.25) is 11.8 Å². The number of amides is 1. The lowest BCUT2D eigenvalue weighted by Gasteiger charge is -2.30. The van der Waals surface area contributed by atoms with Gasteiger partial charge in [-0.1, -0.05) is 13.8 Å². The molecule has 0 radical (unpaired) electrons. The summed E-state index contributed by atoms with van der Waals surface area (Å²) in [4.78, 5) is 18.4. The quantitative estimate of drug-likeness (QED) is 0.910. The Labute approximate surface area is 124 Å². The van der Waals surface area contributed by atoms with Gasteiger partial charge < -0.3 is 19.5 Å². The first kappa shape index (κ1) is 15.6. The number of pyridine rings is 1. The Morgan fingerprint density at radius 2 is 1.90 bits per heavy atom. The molecule has 1 aliphatic heterocycles. The molecule has 1 aliphatic rings. The van der Waals surface area contributed by atoms with E-state index in [-0.39, 0.29) is 23.7 Å². The lowest BCUT2D eigenvalue weighted by atomic mass is 9.79. The first-order valence-electron chi connectivity index (χ1n) is 6.82. The number of ether oxygens (including phenoxy) is 2. The van der Waals surface area contributed by atoms with Crippen LogP contribution in [0.2, 0.25) is 0 Å². The Morgan fingerprint density at radius 3 is 2.38 bits per heavy atom. The Balaban J connectivity index is 2.30. The van der Waals surface area contributed by atoms with Crippen LogP contribution in [0, 0.1) is 5.41 Å². The number of β-amino-alcohol motifs (C(OH)–C–C–N with tert-alkyl or cyclic N) is 1. The lowest BCUT2D eigenvalue weighted by molar-refractivity contribution is -0.0108. The zero-order valence-electron chi connectivity index (χ0n) is 13.1. The molecule has 2 rings (SSSR count). The largest absolute Gasteiger partial charge is 0.481 e. The van der Waals surface area contributed by atoms with E-state index >= 15 is 0 Å². The van der Waals surface area contributed by atoms with Crippen LogP contribution in [0.3, 0.4) is 0 Å². The molecule has 0 saturated carbocycles. The van der Waals surface area contributed by atoms with Crippen molar-refractivity contribution in [2.45, 2.75) is 26.4 Å². The molecule has 1 saturated heterocycles. The van der Waals surface area contributed by atoms with Crippen molar-refractivity contribution in [3.63, 3.8) is 0 Å². The first-order valence-corrected chi connectivity index (χ1v) is 6.82.